The van der Waals surface area contributed by atoms with Crippen LogP contribution in [-0.4, -0.2) is 26.1 Å². The molecule has 0 bridgehead atoms. The van der Waals surface area contributed by atoms with Gasteiger partial charge in [-0.1, -0.05) is 18.2 Å². The van der Waals surface area contributed by atoms with Gasteiger partial charge in [0, 0.05) is 12.2 Å². The van der Waals surface area contributed by atoms with Crippen molar-refractivity contribution in [2.24, 2.45) is 0 Å². The highest BCUT2D eigenvalue weighted by Crippen LogP contribution is 2.33. The first-order chi connectivity index (χ1) is 9.08. The summed E-state index contributed by atoms with van der Waals surface area (Å²) in [5.41, 5.74) is 1.79. The van der Waals surface area contributed by atoms with E-state index in [-0.39, 0.29) is 11.2 Å². The van der Waals surface area contributed by atoms with Crippen molar-refractivity contribution >= 4 is 21.6 Å². The molecular weight excluding hydrogens is 264 g/mol. The van der Waals surface area contributed by atoms with E-state index in [2.05, 4.69) is 10.0 Å². The maximum atomic E-state index is 12.2. The molecule has 1 aliphatic heterocycles. The number of sulfonamides is 1. The van der Waals surface area contributed by atoms with Gasteiger partial charge in [-0.25, -0.2) is 8.42 Å². The minimum atomic E-state index is -3.46. The first kappa shape index (κ1) is 12.5. The Balaban J connectivity index is 1.81. The molecule has 1 aliphatic carbocycles. The minimum absolute atomic E-state index is 0.367. The SMILES string of the molecule is O=C(NS(=O)(=O)C1CC1)C1CCNc2ccccc21. The quantitative estimate of drug-likeness (QED) is 0.872. The second-order valence-electron chi connectivity index (χ2n) is 5.07. The molecule has 1 amide bonds. The summed E-state index contributed by atoms with van der Waals surface area (Å²) in [5, 5.41) is 2.85. The average molecular weight is 280 g/mol. The van der Waals surface area contributed by atoms with Gasteiger partial charge in [0.25, 0.3) is 0 Å². The fraction of sp³-hybridized carbons (Fsp3) is 0.462. The van der Waals surface area contributed by atoms with Crippen molar-refractivity contribution in [1.29, 1.82) is 0 Å². The first-order valence-corrected chi connectivity index (χ1v) is 8.01. The molecule has 1 unspecified atom stereocenters. The molecule has 19 heavy (non-hydrogen) atoms. The van der Waals surface area contributed by atoms with E-state index >= 15 is 0 Å². The summed E-state index contributed by atoms with van der Waals surface area (Å²) in [7, 11) is -3.46. The molecule has 2 aliphatic rings. The summed E-state index contributed by atoms with van der Waals surface area (Å²) in [6.45, 7) is 0.679. The van der Waals surface area contributed by atoms with Gasteiger partial charge >= 0.3 is 0 Å². The number of para-hydroxylation sites is 1. The Kier molecular flexibility index (Phi) is 2.97. The van der Waals surface area contributed by atoms with Crippen LogP contribution in [0.15, 0.2) is 24.3 Å². The van der Waals surface area contributed by atoms with Crippen LogP contribution >= 0.6 is 0 Å². The molecule has 102 valence electrons. The molecule has 1 atom stereocenters. The number of hydrogen-bond acceptors (Lipinski definition) is 4. The lowest BCUT2D eigenvalue weighted by atomic mass is 9.90. The fourth-order valence-corrected chi connectivity index (χ4v) is 3.76. The van der Waals surface area contributed by atoms with Crippen molar-refractivity contribution < 1.29 is 13.2 Å². The molecule has 0 aromatic heterocycles. The molecule has 2 N–H and O–H groups in total. The zero-order valence-electron chi connectivity index (χ0n) is 10.4. The summed E-state index contributed by atoms with van der Waals surface area (Å²) in [5.74, 6) is -0.785. The second kappa shape index (κ2) is 4.52. The van der Waals surface area contributed by atoms with E-state index in [0.717, 1.165) is 11.3 Å². The van der Waals surface area contributed by atoms with Crippen molar-refractivity contribution in [1.82, 2.24) is 4.72 Å². The molecule has 0 spiro atoms. The maximum Gasteiger partial charge on any atom is 0.241 e. The lowest BCUT2D eigenvalue weighted by Gasteiger charge is -2.25. The molecular formula is C13H16N2O3S. The van der Waals surface area contributed by atoms with Crippen LogP contribution in [0.5, 0.6) is 0 Å². The van der Waals surface area contributed by atoms with Gasteiger partial charge < -0.3 is 5.32 Å². The normalized spacial score (nSPS) is 22.2. The summed E-state index contributed by atoms with van der Waals surface area (Å²) >= 11 is 0. The molecule has 1 fully saturated rings. The van der Waals surface area contributed by atoms with Crippen molar-refractivity contribution in [3.05, 3.63) is 29.8 Å². The van der Waals surface area contributed by atoms with E-state index in [4.69, 9.17) is 0 Å². The van der Waals surface area contributed by atoms with Crippen molar-refractivity contribution in [2.75, 3.05) is 11.9 Å². The van der Waals surface area contributed by atoms with E-state index < -0.39 is 15.9 Å². The van der Waals surface area contributed by atoms with Crippen molar-refractivity contribution in [2.45, 2.75) is 30.4 Å². The Morgan fingerprint density at radius 3 is 2.68 bits per heavy atom. The van der Waals surface area contributed by atoms with Crippen LogP contribution in [0.25, 0.3) is 0 Å². The summed E-state index contributed by atoms with van der Waals surface area (Å²) in [6.07, 6.45) is 1.93. The van der Waals surface area contributed by atoms with Gasteiger partial charge in [-0.3, -0.25) is 9.52 Å². The highest BCUT2D eigenvalue weighted by Gasteiger charge is 2.38. The molecule has 0 radical (unpaired) electrons. The summed E-state index contributed by atoms with van der Waals surface area (Å²) < 4.78 is 25.9. The first-order valence-electron chi connectivity index (χ1n) is 6.46. The number of nitrogens with one attached hydrogen (secondary N) is 2. The summed E-state index contributed by atoms with van der Waals surface area (Å²) in [6, 6.07) is 7.54. The van der Waals surface area contributed by atoms with E-state index in [1.807, 2.05) is 24.3 Å². The molecule has 1 aromatic rings. The zero-order valence-corrected chi connectivity index (χ0v) is 11.2. The highest BCUT2D eigenvalue weighted by atomic mass is 32.2. The molecule has 1 aromatic carbocycles. The molecule has 0 saturated heterocycles. The molecule has 5 nitrogen and oxygen atoms in total. The van der Waals surface area contributed by atoms with E-state index in [1.165, 1.54) is 0 Å². The van der Waals surface area contributed by atoms with E-state index in [0.29, 0.717) is 25.8 Å². The van der Waals surface area contributed by atoms with Gasteiger partial charge in [-0.2, -0.15) is 0 Å². The topological polar surface area (TPSA) is 75.3 Å². The van der Waals surface area contributed by atoms with Gasteiger partial charge in [0.05, 0.1) is 11.2 Å². The Hall–Kier alpha value is -1.56. The standard InChI is InChI=1S/C13H16N2O3S/c16-13(15-19(17,18)9-5-6-9)11-7-8-14-12-4-2-1-3-10(11)12/h1-4,9,11,14H,5-8H2,(H,15,16). The number of carbonyl (C=O) groups excluding carboxylic acids is 1. The van der Waals surface area contributed by atoms with Gasteiger partial charge in [-0.15, -0.1) is 0 Å². The number of hydrogen-bond donors (Lipinski definition) is 2. The van der Waals surface area contributed by atoms with Crippen LogP contribution in [-0.2, 0) is 14.8 Å². The third-order valence-electron chi connectivity index (χ3n) is 3.61. The number of benzene rings is 1. The zero-order chi connectivity index (χ0) is 13.5. The lowest BCUT2D eigenvalue weighted by molar-refractivity contribution is -0.120. The number of anilines is 1. The summed E-state index contributed by atoms with van der Waals surface area (Å²) in [4.78, 5) is 12.2. The highest BCUT2D eigenvalue weighted by molar-refractivity contribution is 7.90. The fourth-order valence-electron chi connectivity index (χ4n) is 2.41. The third kappa shape index (κ3) is 2.45. The van der Waals surface area contributed by atoms with Gasteiger partial charge in [0.15, 0.2) is 0 Å². The minimum Gasteiger partial charge on any atom is -0.385 e. The number of rotatable bonds is 3. The third-order valence-corrected chi connectivity index (χ3v) is 5.44. The Bertz CT molecular complexity index is 608. The molecule has 3 rings (SSSR count). The van der Waals surface area contributed by atoms with Crippen molar-refractivity contribution in [3.63, 3.8) is 0 Å². The molecule has 1 saturated carbocycles. The predicted molar refractivity (Wildman–Crippen MR) is 72.4 cm³/mol. The van der Waals surface area contributed by atoms with Gasteiger partial charge in [-0.05, 0) is 30.9 Å². The molecule has 1 heterocycles. The smallest absolute Gasteiger partial charge is 0.241 e. The Morgan fingerprint density at radius 1 is 1.21 bits per heavy atom. The Morgan fingerprint density at radius 2 is 1.95 bits per heavy atom. The second-order valence-corrected chi connectivity index (χ2v) is 7.03. The maximum absolute atomic E-state index is 12.2. The largest absolute Gasteiger partial charge is 0.385 e. The van der Waals surface area contributed by atoms with Crippen LogP contribution in [0.4, 0.5) is 5.69 Å². The monoisotopic (exact) mass is 280 g/mol. The number of fused-ring (bicyclic) bond motifs is 1. The molecule has 6 heteroatoms. The Labute approximate surface area is 112 Å². The van der Waals surface area contributed by atoms with Crippen LogP contribution in [0, 0.1) is 0 Å². The predicted octanol–water partition coefficient (Wildman–Crippen LogP) is 1.19. The van der Waals surface area contributed by atoms with Gasteiger partial charge in [0.2, 0.25) is 15.9 Å². The van der Waals surface area contributed by atoms with Crippen LogP contribution in [0.3, 0.4) is 0 Å². The average Bonchev–Trinajstić information content (AvgIpc) is 3.22. The lowest BCUT2D eigenvalue weighted by Crippen LogP contribution is -2.38. The van der Waals surface area contributed by atoms with Crippen LogP contribution < -0.4 is 10.0 Å². The number of carbonyl (C=O) groups is 1. The van der Waals surface area contributed by atoms with Crippen LogP contribution in [0.2, 0.25) is 0 Å². The van der Waals surface area contributed by atoms with E-state index in [9.17, 15) is 13.2 Å². The van der Waals surface area contributed by atoms with Gasteiger partial charge in [0.1, 0.15) is 0 Å². The number of amides is 1. The van der Waals surface area contributed by atoms with Crippen LogP contribution in [0.1, 0.15) is 30.7 Å². The van der Waals surface area contributed by atoms with Crippen molar-refractivity contribution in [3.8, 4) is 0 Å². The van der Waals surface area contributed by atoms with E-state index in [1.54, 1.807) is 0 Å².